The number of hydrogen-bond donors (Lipinski definition) is 1. The number of carbonyl (C=O) groups is 1. The minimum Gasteiger partial charge on any atom is -0.355 e. The second kappa shape index (κ2) is 9.41. The topological polar surface area (TPSA) is 85.1 Å². The Balaban J connectivity index is 1.63. The average Bonchev–Trinajstić information content (AvgIpc) is 2.73. The van der Waals surface area contributed by atoms with E-state index in [4.69, 9.17) is 0 Å². The number of non-ortho nitro benzene ring substituents is 1. The van der Waals surface area contributed by atoms with Crippen LogP contribution in [0.3, 0.4) is 0 Å². The number of nitrogens with one attached hydrogen (secondary N) is 1. The summed E-state index contributed by atoms with van der Waals surface area (Å²) in [5, 5.41) is 13.7. The summed E-state index contributed by atoms with van der Waals surface area (Å²) in [4.78, 5) is 27.2. The molecule has 1 aromatic heterocycles. The quantitative estimate of drug-likeness (QED) is 0.481. The maximum Gasteiger partial charge on any atom is 0.269 e. The van der Waals surface area contributed by atoms with Crippen LogP contribution in [0.4, 0.5) is 5.69 Å². The van der Waals surface area contributed by atoms with Crippen LogP contribution in [-0.4, -0.2) is 22.4 Å². The zero-order chi connectivity index (χ0) is 19.8. The van der Waals surface area contributed by atoms with Gasteiger partial charge in [-0.1, -0.05) is 42.5 Å². The lowest BCUT2D eigenvalue weighted by atomic mass is 9.91. The van der Waals surface area contributed by atoms with Crippen LogP contribution < -0.4 is 5.32 Å². The van der Waals surface area contributed by atoms with Gasteiger partial charge < -0.3 is 5.32 Å². The number of nitro groups is 1. The van der Waals surface area contributed by atoms with Crippen molar-refractivity contribution in [1.29, 1.82) is 0 Å². The summed E-state index contributed by atoms with van der Waals surface area (Å²) in [5.41, 5.74) is 3.02. The molecule has 0 radical (unpaired) electrons. The molecule has 1 heterocycles. The smallest absolute Gasteiger partial charge is 0.269 e. The van der Waals surface area contributed by atoms with Gasteiger partial charge >= 0.3 is 0 Å². The van der Waals surface area contributed by atoms with Gasteiger partial charge in [0.2, 0.25) is 5.91 Å². The Morgan fingerprint density at radius 3 is 2.29 bits per heavy atom. The number of nitrogens with zero attached hydrogens (tertiary/aromatic N) is 2. The highest BCUT2D eigenvalue weighted by molar-refractivity contribution is 5.84. The highest BCUT2D eigenvalue weighted by atomic mass is 16.6. The molecule has 0 saturated carbocycles. The Hall–Kier alpha value is -3.54. The first-order valence-electron chi connectivity index (χ1n) is 9.08. The van der Waals surface area contributed by atoms with E-state index in [9.17, 15) is 14.9 Å². The van der Waals surface area contributed by atoms with Crippen molar-refractivity contribution >= 4 is 11.6 Å². The third-order valence-corrected chi connectivity index (χ3v) is 4.57. The second-order valence-electron chi connectivity index (χ2n) is 6.49. The van der Waals surface area contributed by atoms with Crippen molar-refractivity contribution in [3.8, 4) is 0 Å². The molecule has 0 fully saturated rings. The Bertz CT molecular complexity index is 913. The van der Waals surface area contributed by atoms with Crippen LogP contribution in [0.25, 0.3) is 0 Å². The molecule has 1 amide bonds. The van der Waals surface area contributed by atoms with Gasteiger partial charge in [0, 0.05) is 31.1 Å². The normalized spacial score (nSPS) is 11.6. The zero-order valence-electron chi connectivity index (χ0n) is 15.3. The summed E-state index contributed by atoms with van der Waals surface area (Å²) in [6.07, 6.45) is 4.66. The predicted molar refractivity (Wildman–Crippen MR) is 107 cm³/mol. The van der Waals surface area contributed by atoms with E-state index in [2.05, 4.69) is 10.3 Å². The first-order chi connectivity index (χ1) is 13.6. The summed E-state index contributed by atoms with van der Waals surface area (Å²) >= 11 is 0. The maximum absolute atomic E-state index is 12.9. The molecule has 1 N–H and O–H groups in total. The molecule has 28 heavy (non-hydrogen) atoms. The Labute approximate surface area is 163 Å². The fraction of sp³-hybridized carbons (Fsp3) is 0.182. The van der Waals surface area contributed by atoms with Crippen molar-refractivity contribution < 1.29 is 9.72 Å². The lowest BCUT2D eigenvalue weighted by Gasteiger charge is -2.17. The summed E-state index contributed by atoms with van der Waals surface area (Å²) in [6, 6.07) is 19.9. The second-order valence-corrected chi connectivity index (χ2v) is 6.49. The van der Waals surface area contributed by atoms with Crippen LogP contribution in [0, 0.1) is 10.1 Å². The molecule has 1 unspecified atom stereocenters. The van der Waals surface area contributed by atoms with E-state index >= 15 is 0 Å². The van der Waals surface area contributed by atoms with Gasteiger partial charge in [0.05, 0.1) is 10.8 Å². The number of pyridine rings is 1. The monoisotopic (exact) mass is 375 g/mol. The fourth-order valence-electron chi connectivity index (χ4n) is 3.04. The van der Waals surface area contributed by atoms with E-state index < -0.39 is 4.92 Å². The standard InChI is InChI=1S/C22H21N3O3/c26-22(24-15-12-17-6-8-20(9-7-17)25(27)28)21(19-4-2-1-3-5-19)16-18-10-13-23-14-11-18/h1-11,13-14,21H,12,15-16H2,(H,24,26). The first-order valence-corrected chi connectivity index (χ1v) is 9.08. The van der Waals surface area contributed by atoms with E-state index in [1.807, 2.05) is 42.5 Å². The number of rotatable bonds is 8. The van der Waals surface area contributed by atoms with Crippen molar-refractivity contribution in [1.82, 2.24) is 10.3 Å². The van der Waals surface area contributed by atoms with Crippen molar-refractivity contribution in [2.24, 2.45) is 0 Å². The number of benzene rings is 2. The molecule has 3 rings (SSSR count). The lowest BCUT2D eigenvalue weighted by Crippen LogP contribution is -2.32. The van der Waals surface area contributed by atoms with E-state index in [-0.39, 0.29) is 17.5 Å². The molecule has 0 aliphatic rings. The van der Waals surface area contributed by atoms with E-state index in [1.54, 1.807) is 24.5 Å². The van der Waals surface area contributed by atoms with Gasteiger partial charge in [0.15, 0.2) is 0 Å². The lowest BCUT2D eigenvalue weighted by molar-refractivity contribution is -0.384. The van der Waals surface area contributed by atoms with Crippen LogP contribution in [-0.2, 0) is 17.6 Å². The summed E-state index contributed by atoms with van der Waals surface area (Å²) in [7, 11) is 0. The Morgan fingerprint density at radius 1 is 0.964 bits per heavy atom. The molecule has 1 atom stereocenters. The number of carbonyl (C=O) groups excluding carboxylic acids is 1. The summed E-state index contributed by atoms with van der Waals surface area (Å²) < 4.78 is 0. The van der Waals surface area contributed by atoms with Gasteiger partial charge in [0.25, 0.3) is 5.69 Å². The maximum atomic E-state index is 12.9. The summed E-state index contributed by atoms with van der Waals surface area (Å²) in [6.45, 7) is 0.469. The largest absolute Gasteiger partial charge is 0.355 e. The Morgan fingerprint density at radius 2 is 1.64 bits per heavy atom. The molecule has 0 spiro atoms. The SMILES string of the molecule is O=C(NCCc1ccc([N+](=O)[O-])cc1)C(Cc1ccncc1)c1ccccc1. The van der Waals surface area contributed by atoms with Gasteiger partial charge in [-0.2, -0.15) is 0 Å². The fourth-order valence-corrected chi connectivity index (χ4v) is 3.04. The number of aromatic nitrogens is 1. The van der Waals surface area contributed by atoms with E-state index in [0.29, 0.717) is 19.4 Å². The van der Waals surface area contributed by atoms with Crippen LogP contribution >= 0.6 is 0 Å². The number of hydrogen-bond acceptors (Lipinski definition) is 4. The molecule has 0 aliphatic heterocycles. The van der Waals surface area contributed by atoms with Crippen molar-refractivity contribution in [2.45, 2.75) is 18.8 Å². The van der Waals surface area contributed by atoms with Gasteiger partial charge in [-0.15, -0.1) is 0 Å². The molecule has 2 aromatic carbocycles. The highest BCUT2D eigenvalue weighted by Gasteiger charge is 2.20. The Kier molecular flexibility index (Phi) is 6.46. The third kappa shape index (κ3) is 5.23. The third-order valence-electron chi connectivity index (χ3n) is 4.57. The number of amides is 1. The molecule has 6 nitrogen and oxygen atoms in total. The van der Waals surface area contributed by atoms with Gasteiger partial charge in [-0.05, 0) is 41.7 Å². The van der Waals surface area contributed by atoms with E-state index in [1.165, 1.54) is 12.1 Å². The van der Waals surface area contributed by atoms with Crippen LogP contribution in [0.2, 0.25) is 0 Å². The highest BCUT2D eigenvalue weighted by Crippen LogP contribution is 2.21. The van der Waals surface area contributed by atoms with Crippen LogP contribution in [0.15, 0.2) is 79.1 Å². The molecule has 0 saturated heterocycles. The molecule has 3 aromatic rings. The summed E-state index contributed by atoms with van der Waals surface area (Å²) in [5.74, 6) is -0.328. The van der Waals surface area contributed by atoms with Gasteiger partial charge in [-0.3, -0.25) is 19.9 Å². The minimum atomic E-state index is -0.422. The first kappa shape index (κ1) is 19.2. The predicted octanol–water partition coefficient (Wildman–Crippen LogP) is 3.68. The molecular formula is C22H21N3O3. The zero-order valence-corrected chi connectivity index (χ0v) is 15.3. The van der Waals surface area contributed by atoms with Gasteiger partial charge in [0.1, 0.15) is 0 Å². The minimum absolute atomic E-state index is 0.0371. The molecule has 0 aliphatic carbocycles. The van der Waals surface area contributed by atoms with Crippen LogP contribution in [0.1, 0.15) is 22.6 Å². The van der Waals surface area contributed by atoms with Crippen LogP contribution in [0.5, 0.6) is 0 Å². The molecule has 142 valence electrons. The van der Waals surface area contributed by atoms with Crippen molar-refractivity contribution in [3.63, 3.8) is 0 Å². The molecule has 0 bridgehead atoms. The number of nitro benzene ring substituents is 1. The van der Waals surface area contributed by atoms with Gasteiger partial charge in [-0.25, -0.2) is 0 Å². The van der Waals surface area contributed by atoms with E-state index in [0.717, 1.165) is 16.7 Å². The average molecular weight is 375 g/mol. The van der Waals surface area contributed by atoms with Crippen molar-refractivity contribution in [3.05, 3.63) is 106 Å². The molecule has 6 heteroatoms. The van der Waals surface area contributed by atoms with Crippen molar-refractivity contribution in [2.75, 3.05) is 6.54 Å². The molecular weight excluding hydrogens is 354 g/mol.